The third-order valence-electron chi connectivity index (χ3n) is 5.46. The van der Waals surface area contributed by atoms with E-state index < -0.39 is 17.5 Å². The molecule has 8 heteroatoms. The van der Waals surface area contributed by atoms with Crippen molar-refractivity contribution in [2.24, 2.45) is 0 Å². The Morgan fingerprint density at radius 3 is 2.34 bits per heavy atom. The van der Waals surface area contributed by atoms with Crippen molar-refractivity contribution < 1.29 is 5.11 Å². The fourth-order valence-electron chi connectivity index (χ4n) is 3.87. The van der Waals surface area contributed by atoms with Crippen molar-refractivity contribution in [1.29, 1.82) is 0 Å². The average Bonchev–Trinajstić information content (AvgIpc) is 3.15. The van der Waals surface area contributed by atoms with Crippen LogP contribution in [0.25, 0.3) is 11.1 Å². The highest BCUT2D eigenvalue weighted by atomic mass is 35.5. The van der Waals surface area contributed by atoms with Gasteiger partial charge in [0, 0.05) is 23.2 Å². The second-order valence-corrected chi connectivity index (χ2v) is 9.12. The molecule has 4 N–H and O–H groups in total. The Morgan fingerprint density at radius 1 is 0.886 bits per heavy atom. The lowest BCUT2D eigenvalue weighted by molar-refractivity contribution is -0.284. The molecule has 0 saturated carbocycles. The van der Waals surface area contributed by atoms with Crippen molar-refractivity contribution in [3.8, 4) is 17.0 Å². The van der Waals surface area contributed by atoms with Crippen molar-refractivity contribution in [3.05, 3.63) is 130 Å². The first-order valence-corrected chi connectivity index (χ1v) is 11.8. The molecule has 0 spiro atoms. The van der Waals surface area contributed by atoms with Gasteiger partial charge in [0.25, 0.3) is 5.56 Å². The highest BCUT2D eigenvalue weighted by Crippen LogP contribution is 2.38. The molecule has 5 rings (SSSR count). The summed E-state index contributed by atoms with van der Waals surface area (Å²) in [4.78, 5) is 17.8. The predicted octanol–water partition coefficient (Wildman–Crippen LogP) is 5.92. The molecule has 35 heavy (non-hydrogen) atoms. The van der Waals surface area contributed by atoms with Gasteiger partial charge in [0.1, 0.15) is 0 Å². The Labute approximate surface area is 211 Å². The molecule has 1 unspecified atom stereocenters. The second kappa shape index (κ2) is 10.7. The summed E-state index contributed by atoms with van der Waals surface area (Å²) in [5, 5.41) is 16.8. The van der Waals surface area contributed by atoms with E-state index in [1.54, 1.807) is 30.6 Å². The van der Waals surface area contributed by atoms with Crippen LogP contribution in [0.2, 0.25) is 5.02 Å². The van der Waals surface area contributed by atoms with Crippen molar-refractivity contribution in [2.75, 3.05) is 0 Å². The maximum absolute atomic E-state index is 13.5. The van der Waals surface area contributed by atoms with Crippen LogP contribution in [-0.2, 0) is 0 Å². The number of nitrogens with one attached hydrogen (secondary N) is 1. The van der Waals surface area contributed by atoms with Crippen LogP contribution in [0.5, 0.6) is 5.88 Å². The number of aromatic nitrogens is 3. The molecule has 0 radical (unpaired) electrons. The van der Waals surface area contributed by atoms with Crippen molar-refractivity contribution in [1.82, 2.24) is 20.9 Å². The van der Waals surface area contributed by atoms with Gasteiger partial charge in [0.05, 0.1) is 16.0 Å². The fourth-order valence-corrected chi connectivity index (χ4v) is 4.98. The summed E-state index contributed by atoms with van der Waals surface area (Å²) < 4.78 is 1.40. The number of benzene rings is 3. The maximum Gasteiger partial charge on any atom is 0.277 e. The average molecular weight is 502 g/mol. The van der Waals surface area contributed by atoms with Gasteiger partial charge in [0.15, 0.2) is 0 Å². The largest absolute Gasteiger partial charge is 0.858 e. The van der Waals surface area contributed by atoms with E-state index in [2.05, 4.69) is 10.1 Å². The Bertz CT molecular complexity index is 1490. The van der Waals surface area contributed by atoms with Crippen molar-refractivity contribution in [3.63, 3.8) is 0 Å². The van der Waals surface area contributed by atoms with Crippen LogP contribution in [-0.4, -0.2) is 14.8 Å². The molecule has 2 aromatic heterocycles. The van der Waals surface area contributed by atoms with Crippen LogP contribution in [0.4, 0.5) is 0 Å². The van der Waals surface area contributed by atoms with Gasteiger partial charge in [-0.15, -0.1) is 0 Å². The minimum atomic E-state index is -0.515. The normalized spacial score (nSPS) is 11.6. The summed E-state index contributed by atoms with van der Waals surface area (Å²) in [7, 11) is 0. The van der Waals surface area contributed by atoms with Crippen molar-refractivity contribution >= 4 is 23.4 Å². The zero-order chi connectivity index (χ0) is 23.5. The fraction of sp³-hybridized carbons (Fsp3) is 0.0370. The molecule has 3 aromatic carbocycles. The third kappa shape index (κ3) is 5.02. The first-order valence-electron chi connectivity index (χ1n) is 10.6. The van der Waals surface area contributed by atoms with E-state index in [1.165, 1.54) is 4.68 Å². The quantitative estimate of drug-likeness (QED) is 0.300. The standard InChI is InChI=1S/C27H20ClN3O2S.H3N/c28-22-13-4-5-14-23(22)34-25-26(32)30-31(27(25)33)24(18-8-2-1-3-9-18)20-11-6-10-19(16-20)21-12-7-15-29-17-21;/h1-17,24,33H,(H,30,32);1H3/p-1. The molecule has 0 saturated heterocycles. The molecule has 0 bridgehead atoms. The van der Waals surface area contributed by atoms with Crippen LogP contribution in [0.1, 0.15) is 17.2 Å². The number of pyridine rings is 1. The van der Waals surface area contributed by atoms with Crippen LogP contribution >= 0.6 is 23.4 Å². The smallest absolute Gasteiger partial charge is 0.277 e. The Kier molecular flexibility index (Phi) is 7.41. The van der Waals surface area contributed by atoms with Gasteiger partial charge in [0.2, 0.25) is 0 Å². The molecular formula is C27H22ClN4O2S-. The highest BCUT2D eigenvalue weighted by Gasteiger charge is 2.21. The molecule has 6 nitrogen and oxygen atoms in total. The van der Waals surface area contributed by atoms with Gasteiger partial charge in [-0.25, -0.2) is 0 Å². The lowest BCUT2D eigenvalue weighted by Gasteiger charge is -2.25. The predicted molar refractivity (Wildman–Crippen MR) is 138 cm³/mol. The molecule has 5 aromatic rings. The van der Waals surface area contributed by atoms with E-state index in [0.717, 1.165) is 34.0 Å². The second-order valence-electron chi connectivity index (χ2n) is 7.66. The van der Waals surface area contributed by atoms with E-state index in [1.807, 2.05) is 72.8 Å². The number of halogens is 1. The third-order valence-corrected chi connectivity index (χ3v) is 7.04. The lowest BCUT2D eigenvalue weighted by atomic mass is 9.95. The molecule has 0 aliphatic rings. The zero-order valence-corrected chi connectivity index (χ0v) is 20.2. The van der Waals surface area contributed by atoms with E-state index in [4.69, 9.17) is 11.6 Å². The van der Waals surface area contributed by atoms with Gasteiger partial charge >= 0.3 is 0 Å². The first-order chi connectivity index (χ1) is 16.6. The summed E-state index contributed by atoms with van der Waals surface area (Å²) in [6.07, 6.45) is 3.53. The van der Waals surface area contributed by atoms with E-state index in [0.29, 0.717) is 9.92 Å². The lowest BCUT2D eigenvalue weighted by Crippen LogP contribution is -2.18. The minimum absolute atomic E-state index is 0. The summed E-state index contributed by atoms with van der Waals surface area (Å²) in [6.45, 7) is 0. The Morgan fingerprint density at radius 2 is 1.60 bits per heavy atom. The maximum atomic E-state index is 13.5. The number of nitrogens with zero attached hydrogens (tertiary/aromatic N) is 2. The van der Waals surface area contributed by atoms with Crippen LogP contribution in [0.15, 0.2) is 118 Å². The summed E-state index contributed by atoms with van der Waals surface area (Å²) in [5.41, 5.74) is 3.24. The minimum Gasteiger partial charge on any atom is -0.858 e. The summed E-state index contributed by atoms with van der Waals surface area (Å²) >= 11 is 7.35. The Balaban J connectivity index is 0.00000289. The molecular weight excluding hydrogens is 480 g/mol. The van der Waals surface area contributed by atoms with Gasteiger partial charge in [-0.1, -0.05) is 90.1 Å². The molecule has 0 aliphatic heterocycles. The van der Waals surface area contributed by atoms with E-state index >= 15 is 0 Å². The molecule has 0 fully saturated rings. The number of aromatic amines is 1. The molecule has 176 valence electrons. The molecule has 2 heterocycles. The first kappa shape index (κ1) is 24.3. The van der Waals surface area contributed by atoms with Crippen LogP contribution < -0.4 is 16.8 Å². The molecule has 1 atom stereocenters. The molecule has 0 aliphatic carbocycles. The number of hydrogen-bond acceptors (Lipinski definition) is 5. The number of H-pyrrole nitrogens is 1. The van der Waals surface area contributed by atoms with E-state index in [-0.39, 0.29) is 11.0 Å². The van der Waals surface area contributed by atoms with Crippen LogP contribution in [0, 0.1) is 0 Å². The Hall–Kier alpha value is -3.78. The monoisotopic (exact) mass is 501 g/mol. The SMILES string of the molecule is N.O=c1[nH]n(C(c2ccccc2)c2cccc(-c3cccnc3)c2)c([O-])c1Sc1ccccc1Cl. The van der Waals surface area contributed by atoms with Gasteiger partial charge in [-0.05, 0) is 46.5 Å². The number of hydrogen-bond donors (Lipinski definition) is 2. The van der Waals surface area contributed by atoms with E-state index in [9.17, 15) is 9.90 Å². The van der Waals surface area contributed by atoms with Crippen LogP contribution in [0.3, 0.4) is 0 Å². The molecule has 0 amide bonds. The topological polar surface area (TPSA) is 109 Å². The highest BCUT2D eigenvalue weighted by molar-refractivity contribution is 7.99. The number of rotatable bonds is 6. The zero-order valence-electron chi connectivity index (χ0n) is 18.6. The van der Waals surface area contributed by atoms with Crippen molar-refractivity contribution in [2.45, 2.75) is 15.8 Å². The van der Waals surface area contributed by atoms with Gasteiger partial charge < -0.3 is 11.3 Å². The summed E-state index contributed by atoms with van der Waals surface area (Å²) in [5.74, 6) is -0.393. The summed E-state index contributed by atoms with van der Waals surface area (Å²) in [6, 6.07) is 28.1. The van der Waals surface area contributed by atoms with Gasteiger partial charge in [-0.3, -0.25) is 19.6 Å². The van der Waals surface area contributed by atoms with Gasteiger partial charge in [-0.2, -0.15) is 0 Å².